The molecule has 0 unspecified atom stereocenters. The average molecular weight is 213 g/mol. The molecule has 1 heterocycles. The summed E-state index contributed by atoms with van der Waals surface area (Å²) in [5, 5.41) is 0. The van der Waals surface area contributed by atoms with Crippen molar-refractivity contribution in [3.8, 4) is 0 Å². The fourth-order valence-corrected chi connectivity index (χ4v) is 1.64. The van der Waals surface area contributed by atoms with Crippen LogP contribution in [0.5, 0.6) is 0 Å². The van der Waals surface area contributed by atoms with E-state index >= 15 is 0 Å². The first-order valence-electron chi connectivity index (χ1n) is 3.68. The summed E-state index contributed by atoms with van der Waals surface area (Å²) in [5.74, 6) is 0. The Morgan fingerprint density at radius 3 is 2.73 bits per heavy atom. The first-order valence-corrected chi connectivity index (χ1v) is 4.47. The molecule has 2 rings (SSSR count). The van der Waals surface area contributed by atoms with E-state index in [1.165, 1.54) is 5.56 Å². The van der Waals surface area contributed by atoms with Gasteiger partial charge in [0.2, 0.25) is 0 Å². The van der Waals surface area contributed by atoms with Gasteiger partial charge in [-0.25, -0.2) is 0 Å². The van der Waals surface area contributed by atoms with E-state index in [1.54, 1.807) is 0 Å². The quantitative estimate of drug-likeness (QED) is 0.653. The molecule has 1 aromatic carbocycles. The summed E-state index contributed by atoms with van der Waals surface area (Å²) in [6, 6.07) is 8.26. The highest BCUT2D eigenvalue weighted by molar-refractivity contribution is 9.10. The van der Waals surface area contributed by atoms with Gasteiger partial charge in [-0.3, -0.25) is 0 Å². The topological polar surface area (TPSA) is 12.5 Å². The average Bonchev–Trinajstić information content (AvgIpc) is 2.67. The van der Waals surface area contributed by atoms with Crippen LogP contribution in [0.25, 0.3) is 0 Å². The first kappa shape index (κ1) is 7.32. The summed E-state index contributed by atoms with van der Waals surface area (Å²) in [6.45, 7) is 2.09. The Kier molecular flexibility index (Phi) is 1.74. The minimum Gasteiger partial charge on any atom is -0.365 e. The predicted molar refractivity (Wildman–Crippen MR) is 47.4 cm³/mol. The smallest absolute Gasteiger partial charge is 0.109 e. The molecule has 0 saturated carbocycles. The standard InChI is InChI=1S/C9H9BrO/c1-6-9(11-6)7-3-2-4-8(10)5-7/h2-6,9H,1H3/t6-,9+/m0/s1. The van der Waals surface area contributed by atoms with E-state index in [9.17, 15) is 0 Å². The number of ether oxygens (including phenoxy) is 1. The summed E-state index contributed by atoms with van der Waals surface area (Å²) in [7, 11) is 0. The van der Waals surface area contributed by atoms with E-state index in [0.29, 0.717) is 12.2 Å². The molecule has 1 aliphatic rings. The van der Waals surface area contributed by atoms with E-state index < -0.39 is 0 Å². The first-order chi connectivity index (χ1) is 5.27. The SMILES string of the molecule is C[C@@H]1O[C@H]1c1cccc(Br)c1. The number of rotatable bonds is 1. The van der Waals surface area contributed by atoms with E-state index in [0.717, 1.165) is 4.47 Å². The second-order valence-electron chi connectivity index (χ2n) is 2.82. The molecule has 1 aliphatic heterocycles. The number of hydrogen-bond donors (Lipinski definition) is 0. The van der Waals surface area contributed by atoms with Crippen LogP contribution in [0.15, 0.2) is 28.7 Å². The van der Waals surface area contributed by atoms with E-state index in [1.807, 2.05) is 12.1 Å². The number of epoxide rings is 1. The van der Waals surface area contributed by atoms with Crippen LogP contribution in [-0.4, -0.2) is 6.10 Å². The fraction of sp³-hybridized carbons (Fsp3) is 0.333. The maximum Gasteiger partial charge on any atom is 0.109 e. The molecule has 58 valence electrons. The normalized spacial score (nSPS) is 28.5. The van der Waals surface area contributed by atoms with Gasteiger partial charge in [-0.2, -0.15) is 0 Å². The van der Waals surface area contributed by atoms with Crippen molar-refractivity contribution < 1.29 is 4.74 Å². The third-order valence-corrected chi connectivity index (χ3v) is 2.38. The fourth-order valence-electron chi connectivity index (χ4n) is 1.22. The highest BCUT2D eigenvalue weighted by atomic mass is 79.9. The predicted octanol–water partition coefficient (Wildman–Crippen LogP) is 2.91. The summed E-state index contributed by atoms with van der Waals surface area (Å²) in [4.78, 5) is 0. The van der Waals surface area contributed by atoms with Crippen molar-refractivity contribution in [2.24, 2.45) is 0 Å². The van der Waals surface area contributed by atoms with Crippen molar-refractivity contribution in [2.75, 3.05) is 0 Å². The number of benzene rings is 1. The van der Waals surface area contributed by atoms with Crippen LogP contribution in [0.1, 0.15) is 18.6 Å². The Bertz CT molecular complexity index is 272. The highest BCUT2D eigenvalue weighted by Crippen LogP contribution is 2.38. The zero-order valence-electron chi connectivity index (χ0n) is 6.25. The number of hydrogen-bond acceptors (Lipinski definition) is 1. The van der Waals surface area contributed by atoms with Crippen LogP contribution < -0.4 is 0 Å². The highest BCUT2D eigenvalue weighted by Gasteiger charge is 2.35. The van der Waals surface area contributed by atoms with Gasteiger partial charge in [0.25, 0.3) is 0 Å². The number of halogens is 1. The van der Waals surface area contributed by atoms with Crippen molar-refractivity contribution >= 4 is 15.9 Å². The minimum atomic E-state index is 0.340. The summed E-state index contributed by atoms with van der Waals surface area (Å²) in [6.07, 6.45) is 0.747. The van der Waals surface area contributed by atoms with Gasteiger partial charge in [0.05, 0.1) is 6.10 Å². The lowest BCUT2D eigenvalue weighted by atomic mass is 10.1. The third-order valence-electron chi connectivity index (χ3n) is 1.89. The van der Waals surface area contributed by atoms with E-state index in [2.05, 4.69) is 35.0 Å². The Morgan fingerprint density at radius 2 is 2.18 bits per heavy atom. The van der Waals surface area contributed by atoms with Crippen molar-refractivity contribution in [2.45, 2.75) is 19.1 Å². The van der Waals surface area contributed by atoms with Crippen molar-refractivity contribution in [3.05, 3.63) is 34.3 Å². The van der Waals surface area contributed by atoms with Gasteiger partial charge < -0.3 is 4.74 Å². The van der Waals surface area contributed by atoms with Crippen LogP contribution in [-0.2, 0) is 4.74 Å². The summed E-state index contributed by atoms with van der Waals surface area (Å²) >= 11 is 3.42. The molecule has 0 spiro atoms. The third kappa shape index (κ3) is 1.47. The molecule has 2 heteroatoms. The van der Waals surface area contributed by atoms with E-state index in [4.69, 9.17) is 4.74 Å². The molecule has 1 aromatic rings. The van der Waals surface area contributed by atoms with Gasteiger partial charge in [-0.1, -0.05) is 28.1 Å². The van der Waals surface area contributed by atoms with Crippen LogP contribution in [0.3, 0.4) is 0 Å². The Balaban J connectivity index is 2.25. The van der Waals surface area contributed by atoms with Crippen LogP contribution in [0, 0.1) is 0 Å². The van der Waals surface area contributed by atoms with Crippen molar-refractivity contribution in [3.63, 3.8) is 0 Å². The lowest BCUT2D eigenvalue weighted by Crippen LogP contribution is -1.82. The van der Waals surface area contributed by atoms with Crippen LogP contribution in [0.2, 0.25) is 0 Å². The van der Waals surface area contributed by atoms with Gasteiger partial charge in [-0.05, 0) is 24.6 Å². The van der Waals surface area contributed by atoms with Gasteiger partial charge >= 0.3 is 0 Å². The van der Waals surface area contributed by atoms with E-state index in [-0.39, 0.29) is 0 Å². The van der Waals surface area contributed by atoms with Gasteiger partial charge in [-0.15, -0.1) is 0 Å². The van der Waals surface area contributed by atoms with Gasteiger partial charge in [0, 0.05) is 4.47 Å². The van der Waals surface area contributed by atoms with Gasteiger partial charge in [0.15, 0.2) is 0 Å². The molecule has 1 saturated heterocycles. The molecule has 0 aliphatic carbocycles. The van der Waals surface area contributed by atoms with Crippen LogP contribution in [0.4, 0.5) is 0 Å². The van der Waals surface area contributed by atoms with Crippen molar-refractivity contribution in [1.29, 1.82) is 0 Å². The lowest BCUT2D eigenvalue weighted by molar-refractivity contribution is 0.383. The second-order valence-corrected chi connectivity index (χ2v) is 3.73. The summed E-state index contributed by atoms with van der Waals surface area (Å²) < 4.78 is 6.46. The molecule has 0 aromatic heterocycles. The van der Waals surface area contributed by atoms with Gasteiger partial charge in [0.1, 0.15) is 6.10 Å². The Labute approximate surface area is 74.5 Å². The molecule has 1 fully saturated rings. The Morgan fingerprint density at radius 1 is 1.45 bits per heavy atom. The van der Waals surface area contributed by atoms with Crippen LogP contribution >= 0.6 is 15.9 Å². The maximum absolute atomic E-state index is 5.34. The minimum absolute atomic E-state index is 0.340. The molecular formula is C9H9BrO. The summed E-state index contributed by atoms with van der Waals surface area (Å²) in [5.41, 5.74) is 1.27. The molecule has 0 radical (unpaired) electrons. The molecular weight excluding hydrogens is 204 g/mol. The molecule has 2 atom stereocenters. The zero-order chi connectivity index (χ0) is 7.84. The zero-order valence-corrected chi connectivity index (χ0v) is 7.84. The maximum atomic E-state index is 5.34. The molecule has 0 N–H and O–H groups in total. The van der Waals surface area contributed by atoms with Crippen molar-refractivity contribution in [1.82, 2.24) is 0 Å². The molecule has 0 bridgehead atoms. The monoisotopic (exact) mass is 212 g/mol. The largest absolute Gasteiger partial charge is 0.365 e. The second kappa shape index (κ2) is 2.61. The molecule has 11 heavy (non-hydrogen) atoms. The molecule has 0 amide bonds. The lowest BCUT2D eigenvalue weighted by Gasteiger charge is -1.94. The molecule has 1 nitrogen and oxygen atoms in total. The Hall–Kier alpha value is -0.340.